The Hall–Kier alpha value is -0.570. The molecule has 1 heterocycles. The third-order valence-electron chi connectivity index (χ3n) is 3.40. The van der Waals surface area contributed by atoms with Crippen molar-refractivity contribution in [3.63, 3.8) is 0 Å². The maximum absolute atomic E-state index is 7.38. The topological polar surface area (TPSA) is 53.1 Å². The molecule has 0 aromatic heterocycles. The van der Waals surface area contributed by atoms with Gasteiger partial charge in [0.15, 0.2) is 0 Å². The van der Waals surface area contributed by atoms with Crippen molar-refractivity contribution in [2.24, 2.45) is 11.7 Å². The highest BCUT2D eigenvalue weighted by Crippen LogP contribution is 2.38. The lowest BCUT2D eigenvalue weighted by Gasteiger charge is -2.31. The predicted molar refractivity (Wildman–Crippen MR) is 49.2 cm³/mol. The van der Waals surface area contributed by atoms with Crippen LogP contribution in [0.4, 0.5) is 0 Å². The van der Waals surface area contributed by atoms with Crippen LogP contribution in [0.2, 0.25) is 0 Å². The van der Waals surface area contributed by atoms with Crippen molar-refractivity contribution in [2.75, 3.05) is 6.54 Å². The number of likely N-dealkylation sites (tertiary alicyclic amines) is 1. The van der Waals surface area contributed by atoms with E-state index in [9.17, 15) is 0 Å². The molecule has 3 atom stereocenters. The maximum Gasteiger partial charge on any atom is 0.108 e. The first-order valence-electron chi connectivity index (χ1n) is 4.78. The highest BCUT2D eigenvalue weighted by molar-refractivity contribution is 5.82. The van der Waals surface area contributed by atoms with Crippen LogP contribution in [-0.4, -0.2) is 29.4 Å². The number of nitrogens with zero attached hydrogens (tertiary/aromatic N) is 1. The molecule has 1 saturated carbocycles. The van der Waals surface area contributed by atoms with Crippen LogP contribution in [0, 0.1) is 11.3 Å². The number of nitrogens with one attached hydrogen (secondary N) is 1. The van der Waals surface area contributed by atoms with Crippen LogP contribution in [0.5, 0.6) is 0 Å². The van der Waals surface area contributed by atoms with Crippen LogP contribution in [0.15, 0.2) is 0 Å². The minimum absolute atomic E-state index is 0.167. The number of piperidine rings is 1. The Morgan fingerprint density at radius 1 is 1.58 bits per heavy atom. The largest absolute Gasteiger partial charge is 0.386 e. The van der Waals surface area contributed by atoms with E-state index >= 15 is 0 Å². The van der Waals surface area contributed by atoms with E-state index < -0.39 is 0 Å². The number of hydrogen-bond acceptors (Lipinski definition) is 2. The Balaban J connectivity index is 2.02. The Morgan fingerprint density at radius 2 is 2.33 bits per heavy atom. The smallest absolute Gasteiger partial charge is 0.108 e. The zero-order valence-electron chi connectivity index (χ0n) is 7.59. The molecule has 2 rings (SSSR count). The standard InChI is InChI=1S/C9H17N3/c1-6(9(10)11)12-5-7-2-3-8(12)4-7/h6-8H,2-5H2,1H3,(H3,10,11). The number of rotatable bonds is 2. The van der Waals surface area contributed by atoms with E-state index in [0.717, 1.165) is 12.0 Å². The summed E-state index contributed by atoms with van der Waals surface area (Å²) in [4.78, 5) is 2.40. The molecule has 1 saturated heterocycles. The highest BCUT2D eigenvalue weighted by atomic mass is 15.2. The van der Waals surface area contributed by atoms with Crippen LogP contribution in [-0.2, 0) is 0 Å². The molecule has 3 N–H and O–H groups in total. The average Bonchev–Trinajstić information content (AvgIpc) is 2.62. The van der Waals surface area contributed by atoms with Gasteiger partial charge in [-0.3, -0.25) is 10.3 Å². The zero-order chi connectivity index (χ0) is 8.72. The van der Waals surface area contributed by atoms with Crippen molar-refractivity contribution in [1.82, 2.24) is 4.90 Å². The molecule has 2 bridgehead atoms. The van der Waals surface area contributed by atoms with E-state index in [0.29, 0.717) is 5.84 Å². The summed E-state index contributed by atoms with van der Waals surface area (Å²) in [6.07, 6.45) is 4.06. The molecular formula is C9H17N3. The minimum atomic E-state index is 0.167. The molecule has 0 amide bonds. The first kappa shape index (κ1) is 8.05. The van der Waals surface area contributed by atoms with Gasteiger partial charge in [-0.15, -0.1) is 0 Å². The zero-order valence-corrected chi connectivity index (χ0v) is 7.59. The molecule has 3 nitrogen and oxygen atoms in total. The summed E-state index contributed by atoms with van der Waals surface area (Å²) in [5.74, 6) is 1.22. The van der Waals surface area contributed by atoms with Gasteiger partial charge in [-0.05, 0) is 32.1 Å². The van der Waals surface area contributed by atoms with Crippen molar-refractivity contribution in [3.05, 3.63) is 0 Å². The number of hydrogen-bond donors (Lipinski definition) is 2. The van der Waals surface area contributed by atoms with Gasteiger partial charge in [-0.25, -0.2) is 0 Å². The summed E-state index contributed by atoms with van der Waals surface area (Å²) < 4.78 is 0. The summed E-state index contributed by atoms with van der Waals surface area (Å²) in [6, 6.07) is 0.897. The molecule has 12 heavy (non-hydrogen) atoms. The van der Waals surface area contributed by atoms with Crippen LogP contribution >= 0.6 is 0 Å². The molecule has 0 aromatic rings. The van der Waals surface area contributed by atoms with Gasteiger partial charge < -0.3 is 5.73 Å². The van der Waals surface area contributed by atoms with Gasteiger partial charge in [0, 0.05) is 12.6 Å². The Kier molecular flexibility index (Phi) is 1.83. The van der Waals surface area contributed by atoms with E-state index in [1.165, 1.54) is 25.8 Å². The fraction of sp³-hybridized carbons (Fsp3) is 0.889. The molecule has 2 aliphatic rings. The van der Waals surface area contributed by atoms with Crippen molar-refractivity contribution < 1.29 is 0 Å². The van der Waals surface area contributed by atoms with Gasteiger partial charge in [-0.2, -0.15) is 0 Å². The lowest BCUT2D eigenvalue weighted by molar-refractivity contribution is 0.194. The number of amidine groups is 1. The first-order valence-corrected chi connectivity index (χ1v) is 4.78. The first-order chi connectivity index (χ1) is 5.68. The van der Waals surface area contributed by atoms with Gasteiger partial charge in [0.2, 0.25) is 0 Å². The van der Waals surface area contributed by atoms with Gasteiger partial charge in [0.05, 0.1) is 6.04 Å². The van der Waals surface area contributed by atoms with E-state index in [1.807, 2.05) is 6.92 Å². The lowest BCUT2D eigenvalue weighted by atomic mass is 10.1. The molecular weight excluding hydrogens is 150 g/mol. The van der Waals surface area contributed by atoms with E-state index in [-0.39, 0.29) is 6.04 Å². The SMILES string of the molecule is CC(C(=N)N)N1CC2CCC1C2. The number of nitrogens with two attached hydrogens (primary N) is 1. The summed E-state index contributed by atoms with van der Waals surface area (Å²) in [5, 5.41) is 7.38. The van der Waals surface area contributed by atoms with Crippen molar-refractivity contribution >= 4 is 5.84 Å². The molecule has 1 aliphatic carbocycles. The van der Waals surface area contributed by atoms with Crippen molar-refractivity contribution in [3.8, 4) is 0 Å². The maximum atomic E-state index is 7.38. The summed E-state index contributed by atoms with van der Waals surface area (Å²) in [7, 11) is 0. The Bertz CT molecular complexity index is 202. The van der Waals surface area contributed by atoms with Crippen molar-refractivity contribution in [2.45, 2.75) is 38.3 Å². The third-order valence-corrected chi connectivity index (χ3v) is 3.40. The summed E-state index contributed by atoms with van der Waals surface area (Å²) in [5.41, 5.74) is 5.49. The van der Waals surface area contributed by atoms with Gasteiger partial charge >= 0.3 is 0 Å². The quantitative estimate of drug-likeness (QED) is 0.472. The number of fused-ring (bicyclic) bond motifs is 2. The second-order valence-corrected chi connectivity index (χ2v) is 4.16. The highest BCUT2D eigenvalue weighted by Gasteiger charge is 2.40. The van der Waals surface area contributed by atoms with E-state index in [2.05, 4.69) is 4.90 Å². The predicted octanol–water partition coefficient (Wildman–Crippen LogP) is 0.795. The van der Waals surface area contributed by atoms with Crippen LogP contribution in [0.25, 0.3) is 0 Å². The van der Waals surface area contributed by atoms with E-state index in [4.69, 9.17) is 11.1 Å². The molecule has 0 aromatic carbocycles. The molecule has 3 heteroatoms. The minimum Gasteiger partial charge on any atom is -0.386 e. The van der Waals surface area contributed by atoms with Crippen LogP contribution in [0.3, 0.4) is 0 Å². The second kappa shape index (κ2) is 2.73. The van der Waals surface area contributed by atoms with Crippen molar-refractivity contribution in [1.29, 1.82) is 5.41 Å². The molecule has 2 fully saturated rings. The fourth-order valence-corrected chi connectivity index (χ4v) is 2.62. The normalized spacial score (nSPS) is 37.1. The average molecular weight is 167 g/mol. The second-order valence-electron chi connectivity index (χ2n) is 4.16. The molecule has 3 unspecified atom stereocenters. The molecule has 0 radical (unpaired) electrons. The van der Waals surface area contributed by atoms with Gasteiger partial charge in [-0.1, -0.05) is 0 Å². The lowest BCUT2D eigenvalue weighted by Crippen LogP contribution is -2.46. The van der Waals surface area contributed by atoms with Gasteiger partial charge in [0.25, 0.3) is 0 Å². The summed E-state index contributed by atoms with van der Waals surface area (Å²) in [6.45, 7) is 3.22. The Morgan fingerprint density at radius 3 is 2.75 bits per heavy atom. The molecule has 68 valence electrons. The third kappa shape index (κ3) is 1.12. The fourth-order valence-electron chi connectivity index (χ4n) is 2.62. The van der Waals surface area contributed by atoms with Gasteiger partial charge in [0.1, 0.15) is 5.84 Å². The summed E-state index contributed by atoms with van der Waals surface area (Å²) >= 11 is 0. The molecule has 0 spiro atoms. The monoisotopic (exact) mass is 167 g/mol. The Labute approximate surface area is 73.4 Å². The molecule has 1 aliphatic heterocycles. The van der Waals surface area contributed by atoms with E-state index in [1.54, 1.807) is 0 Å². The van der Waals surface area contributed by atoms with Crippen LogP contribution in [0.1, 0.15) is 26.2 Å². The van der Waals surface area contributed by atoms with Crippen LogP contribution < -0.4 is 5.73 Å².